The fraction of sp³-hybridized carbons (Fsp3) is 0.231. The number of H-pyrrole nitrogens is 1. The van der Waals surface area contributed by atoms with Gasteiger partial charge in [0.1, 0.15) is 18.7 Å². The number of hydrogen-bond donors (Lipinski definition) is 1. The number of aromatic amines is 1. The quantitative estimate of drug-likeness (QED) is 0.319. The lowest BCUT2D eigenvalue weighted by atomic mass is 10.0. The summed E-state index contributed by atoms with van der Waals surface area (Å²) in [5.74, 6) is -2.27. The second-order valence-corrected chi connectivity index (χ2v) is 8.79. The zero-order chi connectivity index (χ0) is 26.1. The number of amides is 2. The molecule has 2 aromatic heterocycles. The Morgan fingerprint density at radius 1 is 0.973 bits per heavy atom. The molecule has 5 rings (SSSR count). The molecule has 0 bridgehead atoms. The summed E-state index contributed by atoms with van der Waals surface area (Å²) in [7, 11) is 0. The Morgan fingerprint density at radius 2 is 1.68 bits per heavy atom. The van der Waals surface area contributed by atoms with Crippen LogP contribution in [0, 0.1) is 5.82 Å². The minimum Gasteiger partial charge on any atom is -0.360 e. The molecule has 3 heterocycles. The van der Waals surface area contributed by atoms with E-state index in [4.69, 9.17) is 0 Å². The maximum absolute atomic E-state index is 14.9. The van der Waals surface area contributed by atoms with E-state index in [-0.39, 0.29) is 66.7 Å². The number of halogens is 1. The highest BCUT2D eigenvalue weighted by Gasteiger charge is 2.31. The number of piperazine rings is 1. The van der Waals surface area contributed by atoms with Gasteiger partial charge in [-0.2, -0.15) is 5.10 Å². The van der Waals surface area contributed by atoms with Gasteiger partial charge in [-0.15, -0.1) is 0 Å². The van der Waals surface area contributed by atoms with Gasteiger partial charge in [-0.25, -0.2) is 14.1 Å². The van der Waals surface area contributed by atoms with Gasteiger partial charge >= 0.3 is 0 Å². The number of ketones is 2. The molecule has 2 amide bonds. The molecule has 0 atom stereocenters. The van der Waals surface area contributed by atoms with Gasteiger partial charge in [0.15, 0.2) is 11.6 Å². The average molecular weight is 503 g/mol. The number of carbonyl (C=O) groups excluding carboxylic acids is 4. The Bertz CT molecular complexity index is 1520. The predicted molar refractivity (Wildman–Crippen MR) is 131 cm³/mol. The van der Waals surface area contributed by atoms with Crippen molar-refractivity contribution in [3.8, 4) is 11.4 Å². The van der Waals surface area contributed by atoms with E-state index in [0.29, 0.717) is 11.1 Å². The number of nitrogens with one attached hydrogen (secondary N) is 1. The Kier molecular flexibility index (Phi) is 6.34. The van der Waals surface area contributed by atoms with Crippen LogP contribution >= 0.6 is 0 Å². The SMILES string of the molecule is CC(=O)Cn1cnc(-c2ccc(F)c3c(C(=O)C(=O)N4CCN(C(=O)c5ccccc5)CC4)c[nH]c23)n1. The van der Waals surface area contributed by atoms with Gasteiger partial charge < -0.3 is 14.8 Å². The molecule has 1 saturated heterocycles. The van der Waals surface area contributed by atoms with Crippen LogP contribution in [0.15, 0.2) is 55.0 Å². The first-order valence-electron chi connectivity index (χ1n) is 11.7. The summed E-state index contributed by atoms with van der Waals surface area (Å²) in [5, 5.41) is 4.23. The third-order valence-electron chi connectivity index (χ3n) is 6.26. The highest BCUT2D eigenvalue weighted by molar-refractivity contribution is 6.45. The Morgan fingerprint density at radius 3 is 2.38 bits per heavy atom. The highest BCUT2D eigenvalue weighted by atomic mass is 19.1. The summed E-state index contributed by atoms with van der Waals surface area (Å²) in [4.78, 5) is 60.3. The second-order valence-electron chi connectivity index (χ2n) is 8.79. The average Bonchev–Trinajstić information content (AvgIpc) is 3.56. The zero-order valence-corrected chi connectivity index (χ0v) is 20.0. The van der Waals surface area contributed by atoms with Crippen molar-refractivity contribution in [2.75, 3.05) is 26.2 Å². The third kappa shape index (κ3) is 4.63. The van der Waals surface area contributed by atoms with Crippen LogP contribution in [0.25, 0.3) is 22.3 Å². The van der Waals surface area contributed by atoms with Gasteiger partial charge in [-0.05, 0) is 31.2 Å². The van der Waals surface area contributed by atoms with E-state index in [9.17, 15) is 23.6 Å². The van der Waals surface area contributed by atoms with Crippen molar-refractivity contribution in [1.29, 1.82) is 0 Å². The van der Waals surface area contributed by atoms with Crippen LogP contribution in [0.4, 0.5) is 4.39 Å². The van der Waals surface area contributed by atoms with Crippen molar-refractivity contribution < 1.29 is 23.6 Å². The number of rotatable bonds is 6. The summed E-state index contributed by atoms with van der Waals surface area (Å²) in [6.07, 6.45) is 2.70. The number of carbonyl (C=O) groups is 4. The van der Waals surface area contributed by atoms with Crippen molar-refractivity contribution >= 4 is 34.3 Å². The maximum atomic E-state index is 14.9. The maximum Gasteiger partial charge on any atom is 0.295 e. The summed E-state index contributed by atoms with van der Waals surface area (Å²) in [6, 6.07) is 11.5. The smallest absolute Gasteiger partial charge is 0.295 e. The van der Waals surface area contributed by atoms with Crippen molar-refractivity contribution in [3.63, 3.8) is 0 Å². The van der Waals surface area contributed by atoms with Gasteiger partial charge in [-0.1, -0.05) is 18.2 Å². The molecule has 0 unspecified atom stereocenters. The molecule has 188 valence electrons. The van der Waals surface area contributed by atoms with Crippen LogP contribution in [0.1, 0.15) is 27.6 Å². The minimum absolute atomic E-state index is 0.0309. The summed E-state index contributed by atoms with van der Waals surface area (Å²) in [5.41, 5.74) is 1.17. The van der Waals surface area contributed by atoms with Crippen molar-refractivity contribution in [3.05, 3.63) is 71.9 Å². The van der Waals surface area contributed by atoms with Gasteiger partial charge in [-0.3, -0.25) is 19.2 Å². The molecule has 1 aliphatic heterocycles. The number of benzene rings is 2. The number of aromatic nitrogens is 4. The fourth-order valence-corrected chi connectivity index (χ4v) is 4.43. The van der Waals surface area contributed by atoms with Crippen LogP contribution in [-0.2, 0) is 16.1 Å². The van der Waals surface area contributed by atoms with E-state index in [1.165, 1.54) is 41.2 Å². The first-order valence-corrected chi connectivity index (χ1v) is 11.7. The third-order valence-corrected chi connectivity index (χ3v) is 6.26. The van der Waals surface area contributed by atoms with Crippen LogP contribution in [0.5, 0.6) is 0 Å². The molecule has 37 heavy (non-hydrogen) atoms. The van der Waals surface area contributed by atoms with E-state index in [0.717, 1.165) is 0 Å². The molecule has 1 N–H and O–H groups in total. The van der Waals surface area contributed by atoms with E-state index in [1.807, 2.05) is 6.07 Å². The van der Waals surface area contributed by atoms with E-state index >= 15 is 0 Å². The lowest BCUT2D eigenvalue weighted by Crippen LogP contribution is -2.52. The fourth-order valence-electron chi connectivity index (χ4n) is 4.43. The van der Waals surface area contributed by atoms with E-state index < -0.39 is 17.5 Å². The lowest BCUT2D eigenvalue weighted by molar-refractivity contribution is -0.127. The molecule has 0 aliphatic carbocycles. The molecule has 0 saturated carbocycles. The van der Waals surface area contributed by atoms with Gasteiger partial charge in [0.25, 0.3) is 17.6 Å². The number of nitrogens with zero attached hydrogens (tertiary/aromatic N) is 5. The molecule has 1 aliphatic rings. The number of Topliss-reactive ketones (excluding diaryl/α,β-unsaturated/α-hetero) is 2. The van der Waals surface area contributed by atoms with Crippen molar-refractivity contribution in [1.82, 2.24) is 29.5 Å². The molecule has 10 nitrogen and oxygen atoms in total. The minimum atomic E-state index is -0.847. The molecular formula is C26H23FN6O4. The molecule has 2 aromatic carbocycles. The Balaban J connectivity index is 1.34. The van der Waals surface area contributed by atoms with Crippen LogP contribution < -0.4 is 0 Å². The van der Waals surface area contributed by atoms with Gasteiger partial charge in [0, 0.05) is 48.9 Å². The largest absolute Gasteiger partial charge is 0.360 e. The zero-order valence-electron chi connectivity index (χ0n) is 20.0. The van der Waals surface area contributed by atoms with Gasteiger partial charge in [0.05, 0.1) is 11.1 Å². The van der Waals surface area contributed by atoms with Crippen LogP contribution in [-0.4, -0.2) is 79.1 Å². The summed E-state index contributed by atoms with van der Waals surface area (Å²) in [6.45, 7) is 2.43. The standard InChI is InChI=1S/C26H23FN6O4/c1-16(34)14-33-15-29-24(30-33)18-7-8-20(27)21-19(13-28-22(18)21)23(35)26(37)32-11-9-31(10-12-32)25(36)17-5-3-2-4-6-17/h2-8,13,15,28H,9-12,14H2,1H3. The summed E-state index contributed by atoms with van der Waals surface area (Å²) < 4.78 is 16.3. The molecule has 1 fully saturated rings. The first-order chi connectivity index (χ1) is 17.8. The van der Waals surface area contributed by atoms with E-state index in [1.54, 1.807) is 29.2 Å². The Hall–Kier alpha value is -4.67. The second kappa shape index (κ2) is 9.76. The molecule has 11 heteroatoms. The summed E-state index contributed by atoms with van der Waals surface area (Å²) >= 11 is 0. The molecule has 4 aromatic rings. The van der Waals surface area contributed by atoms with E-state index in [2.05, 4.69) is 15.1 Å². The topological polar surface area (TPSA) is 121 Å². The van der Waals surface area contributed by atoms with Crippen molar-refractivity contribution in [2.24, 2.45) is 0 Å². The predicted octanol–water partition coefficient (Wildman–Crippen LogP) is 2.32. The Labute approximate surface area is 210 Å². The lowest BCUT2D eigenvalue weighted by Gasteiger charge is -2.34. The monoisotopic (exact) mass is 502 g/mol. The van der Waals surface area contributed by atoms with Crippen LogP contribution in [0.3, 0.4) is 0 Å². The number of fused-ring (bicyclic) bond motifs is 1. The molecular weight excluding hydrogens is 479 g/mol. The molecule has 0 radical (unpaired) electrons. The van der Waals surface area contributed by atoms with Crippen LogP contribution in [0.2, 0.25) is 0 Å². The molecule has 0 spiro atoms. The normalized spacial score (nSPS) is 13.7. The first kappa shape index (κ1) is 24.0. The highest BCUT2D eigenvalue weighted by Crippen LogP contribution is 2.30. The van der Waals surface area contributed by atoms with Crippen molar-refractivity contribution in [2.45, 2.75) is 13.5 Å². The van der Waals surface area contributed by atoms with Gasteiger partial charge in [0.2, 0.25) is 0 Å². The number of hydrogen-bond acceptors (Lipinski definition) is 6.